The molecule has 4 rings (SSSR count). The van der Waals surface area contributed by atoms with Gasteiger partial charge in [-0.25, -0.2) is 5.43 Å². The number of carbonyl (C=O) groups excluding carboxylic acids is 2. The third kappa shape index (κ3) is 3.84. The molecule has 29 heavy (non-hydrogen) atoms. The number of amides is 2. The Kier molecular flexibility index (Phi) is 5.51. The molecule has 2 aromatic rings. The fourth-order valence-corrected chi connectivity index (χ4v) is 4.29. The van der Waals surface area contributed by atoms with Gasteiger partial charge in [0.1, 0.15) is 5.76 Å². The van der Waals surface area contributed by atoms with Gasteiger partial charge < -0.3 is 9.32 Å². The molecule has 1 saturated heterocycles. The van der Waals surface area contributed by atoms with E-state index in [1.54, 1.807) is 12.1 Å². The van der Waals surface area contributed by atoms with Crippen LogP contribution in [0.25, 0.3) is 0 Å². The van der Waals surface area contributed by atoms with E-state index in [0.717, 1.165) is 67.7 Å². The Morgan fingerprint density at radius 2 is 1.93 bits per heavy atom. The van der Waals surface area contributed by atoms with E-state index in [1.165, 1.54) is 0 Å². The van der Waals surface area contributed by atoms with Crippen molar-refractivity contribution in [2.45, 2.75) is 58.4 Å². The van der Waals surface area contributed by atoms with Gasteiger partial charge in [0.15, 0.2) is 5.76 Å². The van der Waals surface area contributed by atoms with Crippen LogP contribution in [0.3, 0.4) is 0 Å². The summed E-state index contributed by atoms with van der Waals surface area (Å²) in [5.74, 6) is 0.948. The highest BCUT2D eigenvalue weighted by Crippen LogP contribution is 2.31. The van der Waals surface area contributed by atoms with Crippen molar-refractivity contribution in [1.82, 2.24) is 10.3 Å². The van der Waals surface area contributed by atoms with E-state index >= 15 is 0 Å². The lowest BCUT2D eigenvalue weighted by molar-refractivity contribution is 0.0600. The van der Waals surface area contributed by atoms with Crippen LogP contribution < -0.4 is 5.43 Å². The maximum absolute atomic E-state index is 13.1. The van der Waals surface area contributed by atoms with E-state index in [2.05, 4.69) is 17.5 Å². The predicted molar refractivity (Wildman–Crippen MR) is 111 cm³/mol. The van der Waals surface area contributed by atoms with Crippen molar-refractivity contribution < 1.29 is 14.0 Å². The van der Waals surface area contributed by atoms with Gasteiger partial charge in [0.05, 0.1) is 5.71 Å². The van der Waals surface area contributed by atoms with Crippen molar-refractivity contribution in [3.63, 3.8) is 0 Å². The number of hydrazone groups is 1. The van der Waals surface area contributed by atoms with Crippen molar-refractivity contribution in [3.05, 3.63) is 58.5 Å². The summed E-state index contributed by atoms with van der Waals surface area (Å²) in [4.78, 5) is 27.4. The second-order valence-corrected chi connectivity index (χ2v) is 7.92. The minimum atomic E-state index is -0.246. The van der Waals surface area contributed by atoms with Crippen LogP contribution >= 0.6 is 0 Å². The molecular formula is C23H27N3O3. The van der Waals surface area contributed by atoms with Crippen LogP contribution in [0.2, 0.25) is 0 Å². The number of piperidine rings is 1. The van der Waals surface area contributed by atoms with Crippen molar-refractivity contribution >= 4 is 17.5 Å². The van der Waals surface area contributed by atoms with Gasteiger partial charge in [-0.05, 0) is 58.1 Å². The van der Waals surface area contributed by atoms with Gasteiger partial charge in [-0.3, -0.25) is 9.59 Å². The lowest BCUT2D eigenvalue weighted by Gasteiger charge is -2.32. The molecule has 1 N–H and O–H groups in total. The Balaban J connectivity index is 1.59. The van der Waals surface area contributed by atoms with Gasteiger partial charge in [0.2, 0.25) is 0 Å². The Morgan fingerprint density at radius 3 is 2.69 bits per heavy atom. The first-order valence-corrected chi connectivity index (χ1v) is 10.4. The van der Waals surface area contributed by atoms with Crippen molar-refractivity contribution in [2.75, 3.05) is 6.54 Å². The highest BCUT2D eigenvalue weighted by Gasteiger charge is 2.32. The topological polar surface area (TPSA) is 74.9 Å². The molecule has 1 aliphatic carbocycles. The van der Waals surface area contributed by atoms with Gasteiger partial charge >= 0.3 is 0 Å². The largest absolute Gasteiger partial charge is 0.455 e. The summed E-state index contributed by atoms with van der Waals surface area (Å²) in [6, 6.07) is 9.24. The molecule has 0 saturated carbocycles. The molecule has 0 radical (unpaired) electrons. The Labute approximate surface area is 171 Å². The monoisotopic (exact) mass is 393 g/mol. The summed E-state index contributed by atoms with van der Waals surface area (Å²) in [6.07, 6.45) is 5.64. The number of aryl methyl sites for hydroxylation is 1. The lowest BCUT2D eigenvalue weighted by atomic mass is 9.93. The van der Waals surface area contributed by atoms with Crippen LogP contribution in [-0.4, -0.2) is 35.0 Å². The molecule has 2 aliphatic rings. The highest BCUT2D eigenvalue weighted by atomic mass is 16.4. The number of nitrogens with one attached hydrogen (secondary N) is 1. The van der Waals surface area contributed by atoms with Gasteiger partial charge in [0, 0.05) is 35.7 Å². The van der Waals surface area contributed by atoms with Crippen LogP contribution in [0.15, 0.2) is 39.9 Å². The molecule has 1 fully saturated rings. The van der Waals surface area contributed by atoms with Gasteiger partial charge in [0.25, 0.3) is 11.8 Å². The fraction of sp³-hybridized carbons (Fsp3) is 0.435. The molecule has 1 atom stereocenters. The quantitative estimate of drug-likeness (QED) is 0.799. The molecule has 6 nitrogen and oxygen atoms in total. The third-order valence-electron chi connectivity index (χ3n) is 5.91. The zero-order valence-electron chi connectivity index (χ0n) is 17.0. The molecule has 1 aromatic carbocycles. The number of carbonyl (C=O) groups is 2. The van der Waals surface area contributed by atoms with Crippen LogP contribution in [0, 0.1) is 6.92 Å². The average molecular weight is 393 g/mol. The molecule has 152 valence electrons. The third-order valence-corrected chi connectivity index (χ3v) is 5.91. The molecule has 1 aromatic heterocycles. The molecule has 1 aliphatic heterocycles. The van der Waals surface area contributed by atoms with Gasteiger partial charge in [-0.2, -0.15) is 5.10 Å². The van der Waals surface area contributed by atoms with Gasteiger partial charge in [-0.15, -0.1) is 0 Å². The summed E-state index contributed by atoms with van der Waals surface area (Å²) >= 11 is 0. The number of fused-ring (bicyclic) bond motifs is 1. The standard InChI is InChI=1S/C23H27N3O3/c1-15-9-6-7-14-26(15)23(28)21-16(2)20-18(12-8-13-19(20)29-21)24-25-22(27)17-10-4-3-5-11-17/h3-5,10-11,15H,6-9,12-14H2,1-2H3,(H,25,27)/b24-18+. The molecule has 6 heteroatoms. The first-order valence-electron chi connectivity index (χ1n) is 10.4. The summed E-state index contributed by atoms with van der Waals surface area (Å²) in [5.41, 5.74) is 5.72. The number of likely N-dealkylation sites (tertiary alicyclic amines) is 1. The Morgan fingerprint density at radius 1 is 1.14 bits per heavy atom. The van der Waals surface area contributed by atoms with E-state index in [9.17, 15) is 9.59 Å². The highest BCUT2D eigenvalue weighted by molar-refractivity contribution is 6.07. The van der Waals surface area contributed by atoms with E-state index in [0.29, 0.717) is 11.3 Å². The maximum atomic E-state index is 13.1. The normalized spacial score (nSPS) is 20.4. The summed E-state index contributed by atoms with van der Waals surface area (Å²) in [5, 5.41) is 4.39. The smallest absolute Gasteiger partial charge is 0.290 e. The molecule has 1 unspecified atom stereocenters. The minimum absolute atomic E-state index is 0.0308. The van der Waals surface area contributed by atoms with Crippen LogP contribution in [0.1, 0.15) is 76.8 Å². The minimum Gasteiger partial charge on any atom is -0.455 e. The van der Waals surface area contributed by atoms with E-state index in [-0.39, 0.29) is 17.9 Å². The molecular weight excluding hydrogens is 366 g/mol. The fourth-order valence-electron chi connectivity index (χ4n) is 4.29. The number of hydrogen-bond donors (Lipinski definition) is 1. The summed E-state index contributed by atoms with van der Waals surface area (Å²) < 4.78 is 6.04. The van der Waals surface area contributed by atoms with Gasteiger partial charge in [-0.1, -0.05) is 18.2 Å². The van der Waals surface area contributed by atoms with Crippen LogP contribution in [0.5, 0.6) is 0 Å². The molecule has 2 amide bonds. The van der Waals surface area contributed by atoms with Crippen molar-refractivity contribution in [1.29, 1.82) is 0 Å². The number of furan rings is 1. The predicted octanol–water partition coefficient (Wildman–Crippen LogP) is 4.07. The Hall–Kier alpha value is -2.89. The van der Waals surface area contributed by atoms with Crippen molar-refractivity contribution in [2.24, 2.45) is 5.10 Å². The first-order chi connectivity index (χ1) is 14.1. The molecule has 0 bridgehead atoms. The second kappa shape index (κ2) is 8.23. The SMILES string of the molecule is Cc1c(C(=O)N2CCCCC2C)oc2c1/C(=N/NC(=O)c1ccccc1)CCC2. The van der Waals surface area contributed by atoms with E-state index in [1.807, 2.05) is 30.0 Å². The number of benzene rings is 1. The number of hydrogen-bond acceptors (Lipinski definition) is 4. The lowest BCUT2D eigenvalue weighted by Crippen LogP contribution is -2.42. The van der Waals surface area contributed by atoms with Crippen molar-refractivity contribution in [3.8, 4) is 0 Å². The van der Waals surface area contributed by atoms with E-state index < -0.39 is 0 Å². The van der Waals surface area contributed by atoms with Crippen LogP contribution in [-0.2, 0) is 6.42 Å². The second-order valence-electron chi connectivity index (χ2n) is 7.92. The zero-order chi connectivity index (χ0) is 20.4. The average Bonchev–Trinajstić information content (AvgIpc) is 3.09. The molecule has 2 heterocycles. The molecule has 0 spiro atoms. The summed E-state index contributed by atoms with van der Waals surface area (Å²) in [6.45, 7) is 4.80. The maximum Gasteiger partial charge on any atom is 0.290 e. The zero-order valence-corrected chi connectivity index (χ0v) is 17.0. The number of nitrogens with zero attached hydrogens (tertiary/aromatic N) is 2. The van der Waals surface area contributed by atoms with Crippen LogP contribution in [0.4, 0.5) is 0 Å². The van der Waals surface area contributed by atoms with E-state index in [4.69, 9.17) is 4.42 Å². The first kappa shape index (κ1) is 19.4. The Bertz CT molecular complexity index is 946. The number of rotatable bonds is 3. The summed E-state index contributed by atoms with van der Waals surface area (Å²) in [7, 11) is 0.